The smallest absolute Gasteiger partial charge is 0.264 e. The van der Waals surface area contributed by atoms with Crippen LogP contribution in [0.2, 0.25) is 15.1 Å². The van der Waals surface area contributed by atoms with Gasteiger partial charge in [-0.25, -0.2) is 4.99 Å². The average Bonchev–Trinajstić information content (AvgIpc) is 3.32. The maximum absolute atomic E-state index is 12.5. The van der Waals surface area contributed by atoms with E-state index in [1.165, 1.54) is 11.8 Å². The van der Waals surface area contributed by atoms with Crippen molar-refractivity contribution in [1.29, 1.82) is 0 Å². The summed E-state index contributed by atoms with van der Waals surface area (Å²) in [4.78, 5) is 17.4. The summed E-state index contributed by atoms with van der Waals surface area (Å²) < 4.78 is 17.8. The number of carbonyl (C=O) groups excluding carboxylic acids is 1. The van der Waals surface area contributed by atoms with Crippen LogP contribution in [-0.4, -0.2) is 17.7 Å². The lowest BCUT2D eigenvalue weighted by Crippen LogP contribution is -2.19. The Morgan fingerprint density at radius 3 is 2.24 bits per heavy atom. The number of hydrogen-bond acceptors (Lipinski definition) is 6. The van der Waals surface area contributed by atoms with Gasteiger partial charge < -0.3 is 19.5 Å². The molecule has 1 heterocycles. The molecule has 0 atom stereocenters. The lowest BCUT2D eigenvalue weighted by atomic mass is 10.2. The number of hydrogen-bond donors (Lipinski definition) is 1. The Morgan fingerprint density at radius 2 is 1.52 bits per heavy atom. The van der Waals surface area contributed by atoms with Crippen molar-refractivity contribution in [3.8, 4) is 17.2 Å². The monoisotopic (exact) mass is 638 g/mol. The lowest BCUT2D eigenvalue weighted by molar-refractivity contribution is -0.115. The maximum atomic E-state index is 12.5. The van der Waals surface area contributed by atoms with Crippen molar-refractivity contribution in [3.63, 3.8) is 0 Å². The Bertz CT molecular complexity index is 1620. The predicted molar refractivity (Wildman–Crippen MR) is 171 cm³/mol. The summed E-state index contributed by atoms with van der Waals surface area (Å²) in [5.74, 6) is 1.35. The molecule has 1 amide bonds. The molecule has 4 aromatic rings. The van der Waals surface area contributed by atoms with E-state index in [0.29, 0.717) is 66.9 Å². The Morgan fingerprint density at radius 1 is 0.810 bits per heavy atom. The Balaban J connectivity index is 1.25. The molecule has 1 aliphatic heterocycles. The highest BCUT2D eigenvalue weighted by atomic mass is 35.5. The number of benzene rings is 4. The molecule has 0 radical (unpaired) electrons. The number of nitrogens with zero attached hydrogens (tertiary/aromatic N) is 1. The van der Waals surface area contributed by atoms with Crippen molar-refractivity contribution in [2.75, 3.05) is 6.61 Å². The van der Waals surface area contributed by atoms with E-state index in [2.05, 4.69) is 10.3 Å². The molecular formula is C32H25Cl3N2O4S. The summed E-state index contributed by atoms with van der Waals surface area (Å²) in [5.41, 5.74) is 3.25. The number of amidine groups is 1. The van der Waals surface area contributed by atoms with Crippen LogP contribution in [0.3, 0.4) is 0 Å². The van der Waals surface area contributed by atoms with Gasteiger partial charge >= 0.3 is 0 Å². The van der Waals surface area contributed by atoms with Crippen molar-refractivity contribution in [1.82, 2.24) is 5.32 Å². The Kier molecular flexibility index (Phi) is 9.97. The van der Waals surface area contributed by atoms with E-state index in [1.54, 1.807) is 42.5 Å². The largest absolute Gasteiger partial charge is 0.490 e. The van der Waals surface area contributed by atoms with Gasteiger partial charge in [-0.15, -0.1) is 0 Å². The SMILES string of the molecule is CCOc1cc(COc2c(Cl)cc(/C=C3/SC(=Nc4ccc(Cl)cc4)NC3=O)cc2Cl)ccc1OCc1ccccc1. The number of halogens is 3. The molecule has 42 heavy (non-hydrogen) atoms. The van der Waals surface area contributed by atoms with Gasteiger partial charge in [-0.2, -0.15) is 0 Å². The lowest BCUT2D eigenvalue weighted by Gasteiger charge is -2.15. The highest BCUT2D eigenvalue weighted by Gasteiger charge is 2.24. The zero-order chi connectivity index (χ0) is 29.5. The van der Waals surface area contributed by atoms with E-state index < -0.39 is 0 Å². The van der Waals surface area contributed by atoms with Gasteiger partial charge in [0.1, 0.15) is 13.2 Å². The maximum Gasteiger partial charge on any atom is 0.264 e. The molecule has 0 unspecified atom stereocenters. The first-order valence-electron chi connectivity index (χ1n) is 13.0. The summed E-state index contributed by atoms with van der Waals surface area (Å²) in [6.45, 7) is 3.05. The van der Waals surface area contributed by atoms with E-state index in [-0.39, 0.29) is 12.5 Å². The summed E-state index contributed by atoms with van der Waals surface area (Å²) in [6, 6.07) is 26.0. The molecule has 214 valence electrons. The van der Waals surface area contributed by atoms with Crippen LogP contribution in [0, 0.1) is 0 Å². The van der Waals surface area contributed by atoms with Gasteiger partial charge in [0.05, 0.1) is 27.2 Å². The highest BCUT2D eigenvalue weighted by molar-refractivity contribution is 8.18. The number of rotatable bonds is 10. The number of ether oxygens (including phenoxy) is 3. The first-order chi connectivity index (χ1) is 20.4. The molecule has 0 bridgehead atoms. The first kappa shape index (κ1) is 29.9. The second-order valence-corrected chi connectivity index (χ2v) is 11.3. The number of nitrogens with one attached hydrogen (secondary N) is 1. The normalized spacial score (nSPS) is 14.7. The first-order valence-corrected chi connectivity index (χ1v) is 14.9. The summed E-state index contributed by atoms with van der Waals surface area (Å²) in [7, 11) is 0. The van der Waals surface area contributed by atoms with Crippen LogP contribution in [0.15, 0.2) is 94.8 Å². The number of aliphatic imine (C=N–C) groups is 1. The van der Waals surface area contributed by atoms with Crippen molar-refractivity contribution in [2.24, 2.45) is 4.99 Å². The minimum absolute atomic E-state index is 0.210. The molecule has 10 heteroatoms. The quantitative estimate of drug-likeness (QED) is 0.175. The third kappa shape index (κ3) is 7.81. The van der Waals surface area contributed by atoms with Gasteiger partial charge in [0.15, 0.2) is 22.4 Å². The van der Waals surface area contributed by atoms with Crippen LogP contribution >= 0.6 is 46.6 Å². The number of amides is 1. The summed E-state index contributed by atoms with van der Waals surface area (Å²) in [6.07, 6.45) is 1.70. The Labute approximate surface area is 263 Å². The average molecular weight is 640 g/mol. The van der Waals surface area contributed by atoms with E-state index in [1.807, 2.05) is 55.5 Å². The topological polar surface area (TPSA) is 69.2 Å². The van der Waals surface area contributed by atoms with Crippen LogP contribution in [0.25, 0.3) is 6.08 Å². The second-order valence-electron chi connectivity index (χ2n) is 9.05. The zero-order valence-corrected chi connectivity index (χ0v) is 25.5. The fraction of sp³-hybridized carbons (Fsp3) is 0.125. The van der Waals surface area contributed by atoms with Gasteiger partial charge in [-0.3, -0.25) is 4.79 Å². The molecule has 0 saturated carbocycles. The van der Waals surface area contributed by atoms with Gasteiger partial charge in [-0.05, 0) is 90.0 Å². The molecule has 1 N–H and O–H groups in total. The van der Waals surface area contributed by atoms with Crippen LogP contribution in [0.5, 0.6) is 17.2 Å². The standard InChI is InChI=1S/C32H25Cl3N2O4S/c1-2-39-28-16-21(8-13-27(28)40-18-20-6-4-3-5-7-20)19-41-30-25(34)14-22(15-26(30)35)17-29-31(38)37-32(42-29)36-24-11-9-23(33)10-12-24/h3-17H,2,18-19H2,1H3,(H,36,37,38)/b29-17+. The molecule has 5 rings (SSSR count). The molecule has 0 aliphatic carbocycles. The minimum Gasteiger partial charge on any atom is -0.490 e. The van der Waals surface area contributed by atoms with Gasteiger partial charge in [0, 0.05) is 5.02 Å². The van der Waals surface area contributed by atoms with Crippen LogP contribution in [0.4, 0.5) is 5.69 Å². The minimum atomic E-state index is -0.262. The Hall–Kier alpha value is -3.62. The molecule has 0 aromatic heterocycles. The van der Waals surface area contributed by atoms with Gasteiger partial charge in [0.2, 0.25) is 0 Å². The highest BCUT2D eigenvalue weighted by Crippen LogP contribution is 2.37. The number of thioether (sulfide) groups is 1. The fourth-order valence-electron chi connectivity index (χ4n) is 3.99. The second kappa shape index (κ2) is 14.0. The molecule has 1 aliphatic rings. The molecule has 1 fully saturated rings. The van der Waals surface area contributed by atoms with E-state index in [0.717, 1.165) is 11.1 Å². The van der Waals surface area contributed by atoms with Gasteiger partial charge in [-0.1, -0.05) is 71.2 Å². The van der Waals surface area contributed by atoms with Crippen molar-refractivity contribution in [2.45, 2.75) is 20.1 Å². The van der Waals surface area contributed by atoms with Crippen molar-refractivity contribution < 1.29 is 19.0 Å². The predicted octanol–water partition coefficient (Wildman–Crippen LogP) is 9.10. The van der Waals surface area contributed by atoms with E-state index >= 15 is 0 Å². The van der Waals surface area contributed by atoms with Gasteiger partial charge in [0.25, 0.3) is 5.91 Å². The van der Waals surface area contributed by atoms with E-state index in [9.17, 15) is 4.79 Å². The molecule has 1 saturated heterocycles. The fourth-order valence-corrected chi connectivity index (χ4v) is 5.57. The molecular weight excluding hydrogens is 615 g/mol. The zero-order valence-electron chi connectivity index (χ0n) is 22.4. The van der Waals surface area contributed by atoms with E-state index in [4.69, 9.17) is 49.0 Å². The van der Waals surface area contributed by atoms with Crippen LogP contribution in [-0.2, 0) is 18.0 Å². The third-order valence-corrected chi connectivity index (χ3v) is 7.68. The third-order valence-electron chi connectivity index (χ3n) is 5.95. The number of carbonyl (C=O) groups is 1. The molecule has 0 spiro atoms. The van der Waals surface area contributed by atoms with Crippen molar-refractivity contribution >= 4 is 69.4 Å². The van der Waals surface area contributed by atoms with Crippen LogP contribution in [0.1, 0.15) is 23.6 Å². The molecule has 4 aromatic carbocycles. The summed E-state index contributed by atoms with van der Waals surface area (Å²) >= 11 is 20.3. The molecule has 6 nitrogen and oxygen atoms in total. The van der Waals surface area contributed by atoms with Crippen molar-refractivity contribution in [3.05, 3.63) is 122 Å². The summed E-state index contributed by atoms with van der Waals surface area (Å²) in [5, 5.41) is 4.48. The van der Waals surface area contributed by atoms with Crippen LogP contribution < -0.4 is 19.5 Å².